The van der Waals surface area contributed by atoms with Crippen LogP contribution in [0.4, 0.5) is 0 Å². The van der Waals surface area contributed by atoms with Crippen molar-refractivity contribution >= 4 is 43.2 Å². The first-order chi connectivity index (χ1) is 23.3. The van der Waals surface area contributed by atoms with Crippen LogP contribution in [0.25, 0.3) is 82.3 Å². The normalized spacial score (nSPS) is 11.5. The van der Waals surface area contributed by atoms with E-state index >= 15 is 0 Å². The fourth-order valence-corrected chi connectivity index (χ4v) is 7.30. The highest BCUT2D eigenvalue weighted by Crippen LogP contribution is 2.44. The quantitative estimate of drug-likeness (QED) is 0.146. The van der Waals surface area contributed by atoms with E-state index in [4.69, 9.17) is 0 Å². The number of hydrogen-bond acceptors (Lipinski definition) is 1. The van der Waals surface area contributed by atoms with Crippen LogP contribution >= 0.6 is 0 Å². The molecule has 0 radical (unpaired) electrons. The lowest BCUT2D eigenvalue weighted by molar-refractivity contribution is 1.06. The smallest absolute Gasteiger partial charge is 0.263 e. The van der Waals surface area contributed by atoms with Gasteiger partial charge in [0, 0.05) is 16.5 Å². The van der Waals surface area contributed by atoms with E-state index in [9.17, 15) is 4.79 Å². The largest absolute Gasteiger partial charge is 0.276 e. The lowest BCUT2D eigenvalue weighted by atomic mass is 9.85. The predicted molar refractivity (Wildman–Crippen MR) is 198 cm³/mol. The number of fused-ring (bicyclic) bond motifs is 5. The van der Waals surface area contributed by atoms with E-state index in [0.29, 0.717) is 5.39 Å². The summed E-state index contributed by atoms with van der Waals surface area (Å²) < 4.78 is 1.90. The van der Waals surface area contributed by atoms with Crippen LogP contribution in [0.3, 0.4) is 0 Å². The van der Waals surface area contributed by atoms with Gasteiger partial charge in [0.1, 0.15) is 0 Å². The summed E-state index contributed by atoms with van der Waals surface area (Å²) in [6, 6.07) is 61.3. The molecule has 0 spiro atoms. The zero-order valence-corrected chi connectivity index (χ0v) is 25.6. The summed E-state index contributed by atoms with van der Waals surface area (Å²) in [7, 11) is 0. The summed E-state index contributed by atoms with van der Waals surface area (Å²) in [6.45, 7) is 0. The van der Waals surface area contributed by atoms with E-state index in [1.165, 1.54) is 38.2 Å². The number of rotatable bonds is 4. The lowest BCUT2D eigenvalue weighted by Gasteiger charge is -2.19. The van der Waals surface area contributed by atoms with Crippen molar-refractivity contribution in [3.05, 3.63) is 186 Å². The standard InChI is InChI=1S/C45H29NO/c47-45-41-25-12-7-20-35(41)36-27-26-33(29-42(36)46(45)34-19-13-18-32(28-34)30-14-3-1-4-15-30)44-39-23-10-8-21-37(39)43(31-16-5-2-6-17-31)38-22-9-11-24-40(38)44/h1-29H. The van der Waals surface area contributed by atoms with Crippen molar-refractivity contribution in [1.29, 1.82) is 0 Å². The van der Waals surface area contributed by atoms with Crippen LogP contribution in [0.15, 0.2) is 181 Å². The fraction of sp³-hybridized carbons (Fsp3) is 0. The number of nitrogens with zero attached hydrogens (tertiary/aromatic N) is 1. The molecule has 1 heterocycles. The molecule has 9 aromatic rings. The minimum absolute atomic E-state index is 0.0235. The van der Waals surface area contributed by atoms with E-state index < -0.39 is 0 Å². The van der Waals surface area contributed by atoms with Gasteiger partial charge in [0.2, 0.25) is 0 Å². The van der Waals surface area contributed by atoms with E-state index in [-0.39, 0.29) is 5.56 Å². The Balaban J connectivity index is 1.38. The van der Waals surface area contributed by atoms with Crippen molar-refractivity contribution in [2.75, 3.05) is 0 Å². The molecule has 0 bridgehead atoms. The molecule has 0 N–H and O–H groups in total. The molecular formula is C45H29NO. The summed E-state index contributed by atoms with van der Waals surface area (Å²) in [4.78, 5) is 14.4. The molecule has 0 saturated carbocycles. The molecule has 1 aromatic heterocycles. The van der Waals surface area contributed by atoms with Crippen molar-refractivity contribution in [2.45, 2.75) is 0 Å². The zero-order valence-electron chi connectivity index (χ0n) is 25.6. The van der Waals surface area contributed by atoms with E-state index in [1.807, 2.05) is 53.1 Å². The van der Waals surface area contributed by atoms with Gasteiger partial charge in [-0.3, -0.25) is 9.36 Å². The molecule has 0 amide bonds. The monoisotopic (exact) mass is 599 g/mol. The molecule has 2 nitrogen and oxygen atoms in total. The van der Waals surface area contributed by atoms with Crippen molar-refractivity contribution in [1.82, 2.24) is 4.57 Å². The highest BCUT2D eigenvalue weighted by Gasteiger charge is 2.19. The highest BCUT2D eigenvalue weighted by atomic mass is 16.1. The first kappa shape index (κ1) is 27.1. The Bertz CT molecular complexity index is 2630. The average molecular weight is 600 g/mol. The Kier molecular flexibility index (Phi) is 6.33. The molecule has 220 valence electrons. The van der Waals surface area contributed by atoms with E-state index in [1.54, 1.807) is 0 Å². The first-order valence-electron chi connectivity index (χ1n) is 16.0. The van der Waals surface area contributed by atoms with Crippen molar-refractivity contribution in [2.24, 2.45) is 0 Å². The maximum atomic E-state index is 14.4. The van der Waals surface area contributed by atoms with E-state index in [0.717, 1.165) is 38.7 Å². The molecule has 0 atom stereocenters. The maximum Gasteiger partial charge on any atom is 0.263 e. The van der Waals surface area contributed by atoms with Gasteiger partial charge in [-0.1, -0.05) is 152 Å². The molecule has 9 rings (SSSR count). The lowest BCUT2D eigenvalue weighted by Crippen LogP contribution is -2.19. The van der Waals surface area contributed by atoms with Gasteiger partial charge in [0.05, 0.1) is 5.52 Å². The Hall–Kier alpha value is -6.25. The Morgan fingerprint density at radius 3 is 1.43 bits per heavy atom. The van der Waals surface area contributed by atoms with Crippen LogP contribution in [-0.4, -0.2) is 4.57 Å². The molecule has 0 unspecified atom stereocenters. The molecule has 0 aliphatic carbocycles. The SMILES string of the molecule is O=c1c2ccccc2c2ccc(-c3c4ccccc4c(-c4ccccc4)c4ccccc34)cc2n1-c1cccc(-c2ccccc2)c1. The Labute approximate surface area is 272 Å². The van der Waals surface area contributed by atoms with Gasteiger partial charge in [0.25, 0.3) is 5.56 Å². The molecule has 2 heteroatoms. The molecule has 8 aromatic carbocycles. The molecule has 0 saturated heterocycles. The molecule has 47 heavy (non-hydrogen) atoms. The summed E-state index contributed by atoms with van der Waals surface area (Å²) in [6.07, 6.45) is 0. The van der Waals surface area contributed by atoms with Crippen LogP contribution in [0.2, 0.25) is 0 Å². The number of hydrogen-bond donors (Lipinski definition) is 0. The molecular weight excluding hydrogens is 571 g/mol. The van der Waals surface area contributed by atoms with Gasteiger partial charge in [-0.15, -0.1) is 0 Å². The van der Waals surface area contributed by atoms with Gasteiger partial charge in [-0.2, -0.15) is 0 Å². The van der Waals surface area contributed by atoms with E-state index in [2.05, 4.69) is 127 Å². The first-order valence-corrected chi connectivity index (χ1v) is 16.0. The van der Waals surface area contributed by atoms with Crippen LogP contribution < -0.4 is 5.56 Å². The van der Waals surface area contributed by atoms with Gasteiger partial charge < -0.3 is 0 Å². The van der Waals surface area contributed by atoms with Crippen LogP contribution in [0.1, 0.15) is 0 Å². The Morgan fingerprint density at radius 1 is 0.319 bits per heavy atom. The minimum Gasteiger partial charge on any atom is -0.276 e. The zero-order chi connectivity index (χ0) is 31.3. The third-order valence-corrected chi connectivity index (χ3v) is 9.38. The molecule has 0 aliphatic heterocycles. The second kappa shape index (κ2) is 11.0. The van der Waals surface area contributed by atoms with Crippen molar-refractivity contribution in [3.63, 3.8) is 0 Å². The van der Waals surface area contributed by atoms with Crippen molar-refractivity contribution in [3.8, 4) is 39.1 Å². The van der Waals surface area contributed by atoms with Gasteiger partial charge in [-0.25, -0.2) is 0 Å². The summed E-state index contributed by atoms with van der Waals surface area (Å²) in [5.41, 5.74) is 8.57. The summed E-state index contributed by atoms with van der Waals surface area (Å²) in [5, 5.41) is 7.50. The number of aromatic nitrogens is 1. The second-order valence-corrected chi connectivity index (χ2v) is 12.0. The molecule has 0 fully saturated rings. The fourth-order valence-electron chi connectivity index (χ4n) is 7.30. The van der Waals surface area contributed by atoms with Gasteiger partial charge in [0.15, 0.2) is 0 Å². The Morgan fingerprint density at radius 2 is 0.809 bits per heavy atom. The average Bonchev–Trinajstić information content (AvgIpc) is 3.14. The van der Waals surface area contributed by atoms with Gasteiger partial charge >= 0.3 is 0 Å². The maximum absolute atomic E-state index is 14.4. The topological polar surface area (TPSA) is 22.0 Å². The van der Waals surface area contributed by atoms with Crippen LogP contribution in [0, 0.1) is 0 Å². The molecule has 0 aliphatic rings. The third-order valence-electron chi connectivity index (χ3n) is 9.38. The van der Waals surface area contributed by atoms with Crippen molar-refractivity contribution < 1.29 is 0 Å². The second-order valence-electron chi connectivity index (χ2n) is 12.0. The summed E-state index contributed by atoms with van der Waals surface area (Å²) >= 11 is 0. The highest BCUT2D eigenvalue weighted by molar-refractivity contribution is 6.22. The van der Waals surface area contributed by atoms with Gasteiger partial charge in [-0.05, 0) is 84.6 Å². The van der Waals surface area contributed by atoms with Crippen LogP contribution in [-0.2, 0) is 0 Å². The third kappa shape index (κ3) is 4.38. The predicted octanol–water partition coefficient (Wildman–Crippen LogP) is 11.5. The van der Waals surface area contributed by atoms with Crippen LogP contribution in [0.5, 0.6) is 0 Å². The summed E-state index contributed by atoms with van der Waals surface area (Å²) in [5.74, 6) is 0. The number of benzene rings is 8. The number of pyridine rings is 1. The minimum atomic E-state index is -0.0235.